The Bertz CT molecular complexity index is 1980. The van der Waals surface area contributed by atoms with Gasteiger partial charge in [0, 0.05) is 67.1 Å². The molecule has 1 spiro atoms. The molecule has 0 atom stereocenters. The Morgan fingerprint density at radius 3 is 2.39 bits per heavy atom. The molecule has 3 aliphatic rings. The first-order valence-corrected chi connectivity index (χ1v) is 14.0. The normalized spacial score (nSPS) is 17.9. The number of amides is 3. The average Bonchev–Trinajstić information content (AvgIpc) is 3.10. The Morgan fingerprint density at radius 1 is 0.959 bits per heavy atom. The largest absolute Gasteiger partial charge is 0.490 e. The third-order valence-electron chi connectivity index (χ3n) is 7.33. The van der Waals surface area contributed by atoms with E-state index in [0.717, 1.165) is 0 Å². The van der Waals surface area contributed by atoms with E-state index in [0.29, 0.717) is 33.2 Å². The van der Waals surface area contributed by atoms with Crippen LogP contribution in [0, 0.1) is 91.1 Å². The second kappa shape index (κ2) is 13.0. The number of benzene rings is 2. The number of likely N-dealkylation sites (tertiary alicyclic amines) is 1. The fourth-order valence-corrected chi connectivity index (χ4v) is 4.99. The summed E-state index contributed by atoms with van der Waals surface area (Å²) in [5.41, 5.74) is 0.932. The topological polar surface area (TPSA) is 139 Å². The van der Waals surface area contributed by atoms with E-state index in [4.69, 9.17) is 9.47 Å². The molecular formula is C37H16N6O6. The highest BCUT2D eigenvalue weighted by Crippen LogP contribution is 2.51. The molecule has 3 amide bonds. The van der Waals surface area contributed by atoms with Crippen molar-refractivity contribution in [3.63, 3.8) is 0 Å². The molecule has 24 radical (unpaired) electrons. The van der Waals surface area contributed by atoms with Crippen molar-refractivity contribution < 1.29 is 23.9 Å². The molecule has 3 saturated heterocycles. The summed E-state index contributed by atoms with van der Waals surface area (Å²) in [7, 11) is 10.9. The fraction of sp³-hybridized carbons (Fsp3) is 0.0270. The SMILES string of the molecule is [CH2]Oc1cc(-c2cn([CH2])c(=O)c3cnccc23)cc(O[CH2])c1[C]N1[C][C]C2([C][C]1)[C]N(c1cccc(C(=O)[N][C]3[C][C]C(=O)[N]C3=O)c1)[C]2. The van der Waals surface area contributed by atoms with Crippen LogP contribution in [-0.2, 0) is 9.59 Å². The number of hydrogen-bond acceptors (Lipinski definition) is 9. The molecule has 230 valence electrons. The van der Waals surface area contributed by atoms with Crippen LogP contribution in [0.1, 0.15) is 15.9 Å². The molecule has 7 rings (SSSR count). The van der Waals surface area contributed by atoms with E-state index in [1.807, 2.05) is 0 Å². The van der Waals surface area contributed by atoms with E-state index in [2.05, 4.69) is 95.3 Å². The molecule has 4 aromatic rings. The van der Waals surface area contributed by atoms with Crippen LogP contribution in [0.15, 0.2) is 65.8 Å². The number of imide groups is 1. The van der Waals surface area contributed by atoms with Crippen molar-refractivity contribution in [3.8, 4) is 22.6 Å². The third-order valence-corrected chi connectivity index (χ3v) is 7.33. The van der Waals surface area contributed by atoms with Crippen molar-refractivity contribution in [2.75, 3.05) is 4.90 Å². The molecule has 2 aromatic carbocycles. The number of ether oxygens (including phenoxy) is 2. The lowest BCUT2D eigenvalue weighted by molar-refractivity contribution is -0.129. The van der Waals surface area contributed by atoms with Gasteiger partial charge in [0.05, 0.1) is 30.5 Å². The van der Waals surface area contributed by atoms with Crippen LogP contribution in [0.5, 0.6) is 11.5 Å². The van der Waals surface area contributed by atoms with Gasteiger partial charge in [-0.3, -0.25) is 29.1 Å². The van der Waals surface area contributed by atoms with Crippen LogP contribution >= 0.6 is 0 Å². The zero-order valence-electron chi connectivity index (χ0n) is 25.0. The summed E-state index contributed by atoms with van der Waals surface area (Å²) >= 11 is 0. The van der Waals surface area contributed by atoms with E-state index in [1.165, 1.54) is 32.7 Å². The van der Waals surface area contributed by atoms with Gasteiger partial charge in [0.1, 0.15) is 45.4 Å². The first kappa shape index (κ1) is 32.3. The Morgan fingerprint density at radius 2 is 1.69 bits per heavy atom. The summed E-state index contributed by atoms with van der Waals surface area (Å²) in [6.07, 6.45) is 15.0. The Labute approximate surface area is 284 Å². The minimum Gasteiger partial charge on any atom is -0.490 e. The van der Waals surface area contributed by atoms with Crippen molar-refractivity contribution in [1.29, 1.82) is 0 Å². The maximum Gasteiger partial charge on any atom is 0.280 e. The molecule has 0 aliphatic carbocycles. The summed E-state index contributed by atoms with van der Waals surface area (Å²) in [6.45, 7) is 15.0. The van der Waals surface area contributed by atoms with Crippen molar-refractivity contribution in [2.45, 2.75) is 0 Å². The van der Waals surface area contributed by atoms with Crippen LogP contribution in [0.3, 0.4) is 0 Å². The van der Waals surface area contributed by atoms with Crippen molar-refractivity contribution in [3.05, 3.63) is 168 Å². The maximum atomic E-state index is 12.7. The molecule has 2 aromatic heterocycles. The molecule has 5 heterocycles. The molecule has 12 heteroatoms. The molecule has 0 bridgehead atoms. The van der Waals surface area contributed by atoms with Gasteiger partial charge < -0.3 is 18.9 Å². The number of fused-ring (bicyclic) bond motifs is 1. The van der Waals surface area contributed by atoms with E-state index >= 15 is 0 Å². The number of nitrogens with zero attached hydrogens (tertiary/aromatic N) is 6. The predicted molar refractivity (Wildman–Crippen MR) is 168 cm³/mol. The van der Waals surface area contributed by atoms with Gasteiger partial charge in [0.2, 0.25) is 0 Å². The molecular weight excluding hydrogens is 624 g/mol. The van der Waals surface area contributed by atoms with Gasteiger partial charge in [-0.15, -0.1) is 0 Å². The summed E-state index contributed by atoms with van der Waals surface area (Å²) in [6, 6.07) is 11.1. The van der Waals surface area contributed by atoms with Crippen LogP contribution in [0.25, 0.3) is 21.9 Å². The van der Waals surface area contributed by atoms with E-state index in [-0.39, 0.29) is 22.6 Å². The minimum absolute atomic E-state index is 0.160. The first-order valence-electron chi connectivity index (χ1n) is 14.0. The second-order valence-corrected chi connectivity index (χ2v) is 10.4. The Hall–Kier alpha value is -5.23. The quantitative estimate of drug-likeness (QED) is 0.266. The van der Waals surface area contributed by atoms with Gasteiger partial charge in [-0.1, -0.05) is 6.07 Å². The molecule has 0 saturated carbocycles. The van der Waals surface area contributed by atoms with Crippen molar-refractivity contribution in [1.82, 2.24) is 25.1 Å². The highest BCUT2D eigenvalue weighted by molar-refractivity contribution is 6.12. The summed E-state index contributed by atoms with van der Waals surface area (Å²) < 4.78 is 12.1. The van der Waals surface area contributed by atoms with Gasteiger partial charge in [0.25, 0.3) is 23.3 Å². The van der Waals surface area contributed by atoms with Crippen LogP contribution < -0.4 is 30.6 Å². The number of rotatable bonds is 8. The highest BCUT2D eigenvalue weighted by atomic mass is 16.5. The number of carbonyl (C=O) groups is 3. The van der Waals surface area contributed by atoms with Crippen LogP contribution in [-0.4, -0.2) is 32.2 Å². The number of hydrogen-bond donors (Lipinski definition) is 0. The monoisotopic (exact) mass is 640 g/mol. The zero-order valence-corrected chi connectivity index (χ0v) is 25.0. The smallest absolute Gasteiger partial charge is 0.280 e. The van der Waals surface area contributed by atoms with Crippen molar-refractivity contribution >= 4 is 34.2 Å². The van der Waals surface area contributed by atoms with E-state index in [9.17, 15) is 19.2 Å². The maximum absolute atomic E-state index is 12.7. The van der Waals surface area contributed by atoms with E-state index in [1.54, 1.807) is 42.7 Å². The van der Waals surface area contributed by atoms with Crippen LogP contribution in [0.2, 0.25) is 0 Å². The number of pyridine rings is 2. The van der Waals surface area contributed by atoms with Crippen molar-refractivity contribution in [2.24, 2.45) is 5.41 Å². The Kier molecular flexibility index (Phi) is 8.57. The van der Waals surface area contributed by atoms with Gasteiger partial charge in [-0.05, 0) is 47.3 Å². The number of aromatic nitrogens is 2. The van der Waals surface area contributed by atoms with Gasteiger partial charge in [-0.25, -0.2) is 5.32 Å². The van der Waals surface area contributed by atoms with Crippen LogP contribution in [0.4, 0.5) is 5.69 Å². The standard InChI is InChI=1S/C37H16N6O6/c1-41-19-28(26-9-12-38-18-27(26)36(41)47)24-16-31(48-2)29(32(17-24)49-3)20-42-13-10-37(11-14-42)21-43(22-37)25-6-4-5-23(15-25)34(45)39-30-7-8-33(44)40-35(30)46/h4-6,9,12,15-19H,1-3H2. The second-order valence-electron chi connectivity index (χ2n) is 10.4. The predicted octanol–water partition coefficient (Wildman–Crippen LogP) is 2.68. The third kappa shape index (κ3) is 6.24. The lowest BCUT2D eigenvalue weighted by Crippen LogP contribution is -2.51. The molecule has 3 aliphatic heterocycles. The number of anilines is 1. The summed E-state index contributed by atoms with van der Waals surface area (Å²) in [4.78, 5) is 55.1. The highest BCUT2D eigenvalue weighted by Gasteiger charge is 2.50. The number of carbonyl (C=O) groups excluding carboxylic acids is 3. The Balaban J connectivity index is 0.999. The van der Waals surface area contributed by atoms with E-state index < -0.39 is 29.2 Å². The average molecular weight is 641 g/mol. The van der Waals surface area contributed by atoms with Gasteiger partial charge in [0.15, 0.2) is 6.04 Å². The molecule has 0 unspecified atom stereocenters. The fourth-order valence-electron chi connectivity index (χ4n) is 4.99. The molecule has 0 N–H and O–H groups in total. The number of piperidine rings is 2. The minimum atomic E-state index is -1.11. The molecule has 3 fully saturated rings. The lowest BCUT2D eigenvalue weighted by Gasteiger charge is -2.50. The summed E-state index contributed by atoms with van der Waals surface area (Å²) in [5.74, 6) is -2.04. The van der Waals surface area contributed by atoms with Gasteiger partial charge >= 0.3 is 0 Å². The summed E-state index contributed by atoms with van der Waals surface area (Å²) in [5, 5.41) is 7.93. The zero-order chi connectivity index (χ0) is 34.3. The molecule has 49 heavy (non-hydrogen) atoms. The first-order chi connectivity index (χ1) is 23.7. The van der Waals surface area contributed by atoms with Gasteiger partial charge in [-0.2, -0.15) is 5.32 Å². The molecule has 12 nitrogen and oxygen atoms in total. The lowest BCUT2D eigenvalue weighted by atomic mass is 9.71.